The lowest BCUT2D eigenvalue weighted by atomic mass is 9.96. The Morgan fingerprint density at radius 2 is 1.87 bits per heavy atom. The van der Waals surface area contributed by atoms with Crippen LogP contribution in [0.5, 0.6) is 5.75 Å². The molecule has 4 heterocycles. The van der Waals surface area contributed by atoms with Gasteiger partial charge in [-0.15, -0.1) is 11.3 Å². The number of fused-ring (bicyclic) bond motifs is 2. The summed E-state index contributed by atoms with van der Waals surface area (Å²) < 4.78 is 49.1. The second-order valence-electron chi connectivity index (χ2n) is 12.4. The van der Waals surface area contributed by atoms with Gasteiger partial charge in [0.2, 0.25) is 5.91 Å². The number of carbonyl (C=O) groups excluding carboxylic acids is 2. The maximum atomic E-state index is 15.8. The minimum atomic E-state index is -0.821. The highest BCUT2D eigenvalue weighted by atomic mass is 32.1. The topological polar surface area (TPSA) is 108 Å². The van der Waals surface area contributed by atoms with E-state index in [1.807, 2.05) is 36.7 Å². The molecule has 2 amide bonds. The number of thiophene rings is 1. The second-order valence-corrected chi connectivity index (χ2v) is 13.3. The molecule has 1 aliphatic heterocycles. The SMILES string of the molecule is COCCOc1cc(F)cc(F)c1-c1c(CNC(=O)C2CN(C(=O)OC(C)(C)C)C2)nc(-c2ccc3c(cnn3C)c2)c2ccsc12. The van der Waals surface area contributed by atoms with Gasteiger partial charge in [0.15, 0.2) is 0 Å². The number of aromatic nitrogens is 3. The van der Waals surface area contributed by atoms with Gasteiger partial charge in [-0.05, 0) is 44.4 Å². The maximum Gasteiger partial charge on any atom is 0.410 e. The van der Waals surface area contributed by atoms with Crippen LogP contribution in [0.25, 0.3) is 43.4 Å². The number of hydrogen-bond acceptors (Lipinski definition) is 8. The molecule has 5 aromatic rings. The van der Waals surface area contributed by atoms with E-state index in [2.05, 4.69) is 10.4 Å². The van der Waals surface area contributed by atoms with Crippen LogP contribution in [-0.2, 0) is 27.9 Å². The molecule has 0 radical (unpaired) electrons. The smallest absolute Gasteiger partial charge is 0.410 e. The molecule has 0 aliphatic carbocycles. The highest BCUT2D eigenvalue weighted by molar-refractivity contribution is 7.17. The van der Waals surface area contributed by atoms with Crippen LogP contribution in [0.1, 0.15) is 26.5 Å². The molecule has 1 aliphatic rings. The zero-order valence-corrected chi connectivity index (χ0v) is 27.5. The van der Waals surface area contributed by atoms with Gasteiger partial charge >= 0.3 is 6.09 Å². The first kappa shape index (κ1) is 32.3. The van der Waals surface area contributed by atoms with Crippen LogP contribution in [-0.4, -0.2) is 70.7 Å². The summed E-state index contributed by atoms with van der Waals surface area (Å²) in [6, 6.07) is 9.75. The van der Waals surface area contributed by atoms with Crippen LogP contribution in [0.4, 0.5) is 13.6 Å². The molecule has 13 heteroatoms. The third-order valence-electron chi connectivity index (χ3n) is 7.85. The fourth-order valence-corrected chi connectivity index (χ4v) is 6.53. The van der Waals surface area contributed by atoms with Crippen molar-refractivity contribution >= 4 is 44.3 Å². The second kappa shape index (κ2) is 12.9. The average molecular weight is 664 g/mol. The lowest BCUT2D eigenvalue weighted by molar-refractivity contribution is -0.129. The highest BCUT2D eigenvalue weighted by Gasteiger charge is 2.38. The summed E-state index contributed by atoms with van der Waals surface area (Å²) in [6.07, 6.45) is 1.30. The molecule has 6 rings (SSSR count). The summed E-state index contributed by atoms with van der Waals surface area (Å²) in [5, 5.41) is 10.9. The Morgan fingerprint density at radius 1 is 1.09 bits per heavy atom. The molecule has 1 fully saturated rings. The highest BCUT2D eigenvalue weighted by Crippen LogP contribution is 2.44. The molecule has 1 N–H and O–H groups in total. The first-order chi connectivity index (χ1) is 22.4. The Hall–Kier alpha value is -4.62. The zero-order chi connectivity index (χ0) is 33.5. The van der Waals surface area contributed by atoms with Crippen LogP contribution in [0.15, 0.2) is 48.0 Å². The van der Waals surface area contributed by atoms with Gasteiger partial charge in [0.25, 0.3) is 0 Å². The van der Waals surface area contributed by atoms with E-state index in [0.29, 0.717) is 21.7 Å². The van der Waals surface area contributed by atoms with Crippen molar-refractivity contribution in [2.24, 2.45) is 13.0 Å². The Kier molecular flexibility index (Phi) is 8.86. The molecule has 0 spiro atoms. The molecule has 246 valence electrons. The third-order valence-corrected chi connectivity index (χ3v) is 8.78. The van der Waals surface area contributed by atoms with E-state index in [1.54, 1.807) is 31.6 Å². The first-order valence-corrected chi connectivity index (χ1v) is 16.0. The van der Waals surface area contributed by atoms with Crippen molar-refractivity contribution in [3.8, 4) is 28.1 Å². The van der Waals surface area contributed by atoms with Gasteiger partial charge in [-0.1, -0.05) is 6.07 Å². The van der Waals surface area contributed by atoms with Gasteiger partial charge in [-0.25, -0.2) is 18.6 Å². The van der Waals surface area contributed by atoms with Crippen LogP contribution >= 0.6 is 11.3 Å². The Balaban J connectivity index is 1.40. The molecule has 10 nitrogen and oxygen atoms in total. The summed E-state index contributed by atoms with van der Waals surface area (Å²) in [5.41, 5.74) is 2.58. The summed E-state index contributed by atoms with van der Waals surface area (Å²) in [6.45, 7) is 6.00. The molecular weight excluding hydrogens is 628 g/mol. The number of amides is 2. The number of benzene rings is 2. The number of methoxy groups -OCH3 is 1. The van der Waals surface area contributed by atoms with Crippen molar-refractivity contribution in [1.82, 2.24) is 25.0 Å². The third kappa shape index (κ3) is 6.63. The number of halogens is 2. The minimum absolute atomic E-state index is 0.000140. The lowest BCUT2D eigenvalue weighted by Gasteiger charge is -2.38. The number of rotatable bonds is 9. The van der Waals surface area contributed by atoms with Crippen LogP contribution < -0.4 is 10.1 Å². The number of nitrogens with one attached hydrogen (secondary N) is 1. The van der Waals surface area contributed by atoms with Crippen molar-refractivity contribution in [3.05, 3.63) is 65.3 Å². The van der Waals surface area contributed by atoms with Gasteiger partial charge < -0.3 is 24.4 Å². The van der Waals surface area contributed by atoms with E-state index in [-0.39, 0.29) is 50.1 Å². The van der Waals surface area contributed by atoms with Crippen LogP contribution in [0.3, 0.4) is 0 Å². The van der Waals surface area contributed by atoms with Gasteiger partial charge in [0.1, 0.15) is 29.6 Å². The quantitative estimate of drug-likeness (QED) is 0.184. The Labute approximate surface area is 274 Å². The predicted octanol–water partition coefficient (Wildman–Crippen LogP) is 6.30. The summed E-state index contributed by atoms with van der Waals surface area (Å²) in [4.78, 5) is 32.2. The maximum absolute atomic E-state index is 15.8. The standard InChI is InChI=1S/C34H35F2N5O5S/c1-34(2,3)46-33(43)41-17-21(18-41)32(42)37-16-25-29(28-24(36)13-22(35)14-27(28)45-10-9-44-5)31-23(8-11-47-31)30(39-25)19-6-7-26-20(12-19)15-38-40(26)4/h6-8,11-15,21H,9-10,16-18H2,1-5H3,(H,37,42). The first-order valence-electron chi connectivity index (χ1n) is 15.1. The van der Waals surface area contributed by atoms with E-state index in [4.69, 9.17) is 19.2 Å². The number of nitrogens with zero attached hydrogens (tertiary/aromatic N) is 4. The van der Waals surface area contributed by atoms with Crippen molar-refractivity contribution in [2.75, 3.05) is 33.4 Å². The molecule has 47 heavy (non-hydrogen) atoms. The van der Waals surface area contributed by atoms with Crippen molar-refractivity contribution in [2.45, 2.75) is 32.9 Å². The van der Waals surface area contributed by atoms with E-state index in [0.717, 1.165) is 34.0 Å². The molecular formula is C34H35F2N5O5S. The van der Waals surface area contributed by atoms with E-state index < -0.39 is 29.2 Å². The van der Waals surface area contributed by atoms with Crippen molar-refractivity contribution in [1.29, 1.82) is 0 Å². The van der Waals surface area contributed by atoms with Gasteiger partial charge in [-0.3, -0.25) is 9.48 Å². The molecule has 1 saturated heterocycles. The summed E-state index contributed by atoms with van der Waals surface area (Å²) in [7, 11) is 3.37. The molecule has 0 atom stereocenters. The number of carbonyl (C=O) groups is 2. The summed E-state index contributed by atoms with van der Waals surface area (Å²) >= 11 is 1.39. The van der Waals surface area contributed by atoms with Crippen molar-refractivity contribution < 1.29 is 32.6 Å². The molecule has 2 aromatic carbocycles. The monoisotopic (exact) mass is 663 g/mol. The minimum Gasteiger partial charge on any atom is -0.490 e. The molecule has 3 aromatic heterocycles. The van der Waals surface area contributed by atoms with Gasteiger partial charge in [0, 0.05) is 66.0 Å². The van der Waals surface area contributed by atoms with E-state index >= 15 is 4.39 Å². The fraction of sp³-hybridized carbons (Fsp3) is 0.353. The number of ether oxygens (including phenoxy) is 3. The van der Waals surface area contributed by atoms with Crippen LogP contribution in [0, 0.1) is 17.6 Å². The van der Waals surface area contributed by atoms with E-state index in [1.165, 1.54) is 23.3 Å². The normalized spacial score (nSPS) is 13.6. The van der Waals surface area contributed by atoms with Gasteiger partial charge in [-0.2, -0.15) is 5.10 Å². The zero-order valence-electron chi connectivity index (χ0n) is 26.7. The van der Waals surface area contributed by atoms with Crippen LogP contribution in [0.2, 0.25) is 0 Å². The lowest BCUT2D eigenvalue weighted by Crippen LogP contribution is -2.56. The van der Waals surface area contributed by atoms with E-state index in [9.17, 15) is 14.0 Å². The molecule has 0 saturated carbocycles. The number of hydrogen-bond donors (Lipinski definition) is 1. The number of pyridine rings is 1. The van der Waals surface area contributed by atoms with Crippen molar-refractivity contribution in [3.63, 3.8) is 0 Å². The largest absolute Gasteiger partial charge is 0.490 e. The van der Waals surface area contributed by atoms with Gasteiger partial charge in [0.05, 0.1) is 47.7 Å². The fourth-order valence-electron chi connectivity index (χ4n) is 5.56. The molecule has 0 unspecified atom stereocenters. The summed E-state index contributed by atoms with van der Waals surface area (Å²) in [5.74, 6) is -2.33. The molecule has 0 bridgehead atoms. The Bertz CT molecular complexity index is 1980. The Morgan fingerprint density at radius 3 is 2.62 bits per heavy atom. The predicted molar refractivity (Wildman–Crippen MR) is 175 cm³/mol. The average Bonchev–Trinajstić information content (AvgIpc) is 3.61. The number of likely N-dealkylation sites (tertiary alicyclic amines) is 1. The number of aryl methyl sites for hydroxylation is 1.